The fourth-order valence-corrected chi connectivity index (χ4v) is 2.03. The number of hydrogen-bond acceptors (Lipinski definition) is 3. The predicted octanol–water partition coefficient (Wildman–Crippen LogP) is 2.01. The molecule has 1 amide bonds. The minimum Gasteiger partial charge on any atom is -0.444 e. The highest BCUT2D eigenvalue weighted by Crippen LogP contribution is 2.26. The fourth-order valence-electron chi connectivity index (χ4n) is 2.03. The topological polar surface area (TPSA) is 49.8 Å². The average Bonchev–Trinajstić information content (AvgIpc) is 2.58. The maximum absolute atomic E-state index is 11.9. The van der Waals surface area contributed by atoms with Crippen molar-refractivity contribution in [2.45, 2.75) is 52.2 Å². The Kier molecular flexibility index (Phi) is 4.19. The van der Waals surface area contributed by atoms with Gasteiger partial charge in [-0.3, -0.25) is 0 Å². The van der Waals surface area contributed by atoms with Gasteiger partial charge in [0.05, 0.1) is 12.6 Å². The summed E-state index contributed by atoms with van der Waals surface area (Å²) in [7, 11) is 0. The van der Waals surface area contributed by atoms with Crippen molar-refractivity contribution in [1.29, 1.82) is 0 Å². The molecule has 1 aliphatic heterocycles. The molecule has 1 saturated heterocycles. The quantitative estimate of drug-likeness (QED) is 0.788. The number of ether oxygens (including phenoxy) is 1. The van der Waals surface area contributed by atoms with Gasteiger partial charge in [-0.15, -0.1) is 0 Å². The molecule has 0 radical (unpaired) electrons. The van der Waals surface area contributed by atoms with Crippen molar-refractivity contribution >= 4 is 6.09 Å². The van der Waals surface area contributed by atoms with Gasteiger partial charge in [-0.2, -0.15) is 0 Å². The number of carbonyl (C=O) groups excluding carboxylic acids is 1. The van der Waals surface area contributed by atoms with Gasteiger partial charge in [-0.05, 0) is 33.1 Å². The Morgan fingerprint density at radius 3 is 2.56 bits per heavy atom. The SMILES string of the molecule is CCC1CC(CO)N(C(=O)OC(C)(C)C)C1. The average molecular weight is 229 g/mol. The van der Waals surface area contributed by atoms with E-state index >= 15 is 0 Å². The normalized spacial score (nSPS) is 25.9. The van der Waals surface area contributed by atoms with Gasteiger partial charge in [0.15, 0.2) is 0 Å². The van der Waals surface area contributed by atoms with Crippen LogP contribution in [0.25, 0.3) is 0 Å². The molecule has 1 aliphatic rings. The standard InChI is InChI=1S/C12H23NO3/c1-5-9-6-10(8-14)13(7-9)11(15)16-12(2,3)4/h9-10,14H,5-8H2,1-4H3. The molecule has 2 atom stereocenters. The lowest BCUT2D eigenvalue weighted by Gasteiger charge is -2.27. The predicted molar refractivity (Wildman–Crippen MR) is 62.2 cm³/mol. The van der Waals surface area contributed by atoms with Crippen LogP contribution in [0.15, 0.2) is 0 Å². The molecule has 1 heterocycles. The summed E-state index contributed by atoms with van der Waals surface area (Å²) in [6, 6.07) is -0.0696. The Bertz CT molecular complexity index is 247. The van der Waals surface area contributed by atoms with Crippen LogP contribution in [0, 0.1) is 5.92 Å². The molecule has 16 heavy (non-hydrogen) atoms. The molecule has 0 aromatic heterocycles. The van der Waals surface area contributed by atoms with E-state index in [0.29, 0.717) is 12.5 Å². The van der Waals surface area contributed by atoms with Crippen molar-refractivity contribution in [2.75, 3.05) is 13.2 Å². The Balaban J connectivity index is 2.61. The van der Waals surface area contributed by atoms with Crippen LogP contribution in [0.2, 0.25) is 0 Å². The molecule has 1 fully saturated rings. The van der Waals surface area contributed by atoms with Crippen LogP contribution in [-0.4, -0.2) is 40.9 Å². The zero-order valence-corrected chi connectivity index (χ0v) is 10.7. The van der Waals surface area contributed by atoms with Gasteiger partial charge in [0.1, 0.15) is 5.60 Å². The first-order valence-electron chi connectivity index (χ1n) is 5.97. The molecule has 0 aromatic carbocycles. The van der Waals surface area contributed by atoms with Gasteiger partial charge < -0.3 is 14.7 Å². The van der Waals surface area contributed by atoms with Crippen molar-refractivity contribution in [2.24, 2.45) is 5.92 Å². The molecule has 0 bridgehead atoms. The van der Waals surface area contributed by atoms with Gasteiger partial charge >= 0.3 is 6.09 Å². The highest BCUT2D eigenvalue weighted by Gasteiger charge is 2.36. The Morgan fingerprint density at radius 2 is 2.12 bits per heavy atom. The molecule has 0 aromatic rings. The molecule has 0 aliphatic carbocycles. The third-order valence-corrected chi connectivity index (χ3v) is 2.92. The second-order valence-corrected chi connectivity index (χ2v) is 5.48. The van der Waals surface area contributed by atoms with E-state index in [-0.39, 0.29) is 18.7 Å². The number of aliphatic hydroxyl groups excluding tert-OH is 1. The number of nitrogens with zero attached hydrogens (tertiary/aromatic N) is 1. The molecule has 4 heteroatoms. The first-order chi connectivity index (χ1) is 7.37. The van der Waals surface area contributed by atoms with Gasteiger partial charge in [-0.25, -0.2) is 4.79 Å². The first-order valence-corrected chi connectivity index (χ1v) is 5.97. The monoisotopic (exact) mass is 229 g/mol. The van der Waals surface area contributed by atoms with Crippen LogP contribution >= 0.6 is 0 Å². The van der Waals surface area contributed by atoms with Gasteiger partial charge in [0, 0.05) is 6.54 Å². The molecule has 94 valence electrons. The summed E-state index contributed by atoms with van der Waals surface area (Å²) in [6.45, 7) is 8.40. The third-order valence-electron chi connectivity index (χ3n) is 2.92. The maximum atomic E-state index is 11.9. The van der Waals surface area contributed by atoms with Crippen LogP contribution in [0.4, 0.5) is 4.79 Å². The van der Waals surface area contributed by atoms with Crippen molar-refractivity contribution in [3.63, 3.8) is 0 Å². The summed E-state index contributed by atoms with van der Waals surface area (Å²) in [4.78, 5) is 13.6. The summed E-state index contributed by atoms with van der Waals surface area (Å²) in [5, 5.41) is 9.25. The van der Waals surface area contributed by atoms with E-state index in [9.17, 15) is 9.90 Å². The summed E-state index contributed by atoms with van der Waals surface area (Å²) in [5.41, 5.74) is -0.471. The third kappa shape index (κ3) is 3.37. The second-order valence-electron chi connectivity index (χ2n) is 5.48. The molecule has 4 nitrogen and oxygen atoms in total. The number of hydrogen-bond donors (Lipinski definition) is 1. The molecule has 2 unspecified atom stereocenters. The fraction of sp³-hybridized carbons (Fsp3) is 0.917. The second kappa shape index (κ2) is 5.04. The van der Waals surface area contributed by atoms with Crippen LogP contribution in [-0.2, 0) is 4.74 Å². The number of rotatable bonds is 2. The highest BCUT2D eigenvalue weighted by molar-refractivity contribution is 5.69. The molecule has 0 spiro atoms. The molecular weight excluding hydrogens is 206 g/mol. The van der Waals surface area contributed by atoms with E-state index in [1.807, 2.05) is 20.8 Å². The van der Waals surface area contributed by atoms with E-state index in [0.717, 1.165) is 12.8 Å². The van der Waals surface area contributed by atoms with Crippen molar-refractivity contribution in [3.05, 3.63) is 0 Å². The lowest BCUT2D eigenvalue weighted by Crippen LogP contribution is -2.41. The minimum atomic E-state index is -0.471. The Labute approximate surface area is 97.6 Å². The largest absolute Gasteiger partial charge is 0.444 e. The summed E-state index contributed by atoms with van der Waals surface area (Å²) in [6.07, 6.45) is 1.62. The molecule has 0 saturated carbocycles. The van der Waals surface area contributed by atoms with E-state index in [1.165, 1.54) is 0 Å². The van der Waals surface area contributed by atoms with E-state index in [4.69, 9.17) is 4.74 Å². The lowest BCUT2D eigenvalue weighted by molar-refractivity contribution is 0.0172. The van der Waals surface area contributed by atoms with Gasteiger partial charge in [-0.1, -0.05) is 13.3 Å². The van der Waals surface area contributed by atoms with Crippen LogP contribution < -0.4 is 0 Å². The maximum Gasteiger partial charge on any atom is 0.410 e. The number of carbonyl (C=O) groups is 1. The molecule has 1 N–H and O–H groups in total. The Morgan fingerprint density at radius 1 is 1.50 bits per heavy atom. The Hall–Kier alpha value is -0.770. The number of amides is 1. The zero-order valence-electron chi connectivity index (χ0n) is 10.7. The first kappa shape index (κ1) is 13.3. The molecule has 1 rings (SSSR count). The summed E-state index contributed by atoms with van der Waals surface area (Å²) >= 11 is 0. The molecular formula is C12H23NO3. The van der Waals surface area contributed by atoms with Crippen LogP contribution in [0.3, 0.4) is 0 Å². The van der Waals surface area contributed by atoms with Crippen molar-refractivity contribution in [3.8, 4) is 0 Å². The van der Waals surface area contributed by atoms with Crippen LogP contribution in [0.5, 0.6) is 0 Å². The van der Waals surface area contributed by atoms with Crippen LogP contribution in [0.1, 0.15) is 40.5 Å². The highest BCUT2D eigenvalue weighted by atomic mass is 16.6. The smallest absolute Gasteiger partial charge is 0.410 e. The lowest BCUT2D eigenvalue weighted by atomic mass is 10.0. The van der Waals surface area contributed by atoms with Gasteiger partial charge in [0.25, 0.3) is 0 Å². The summed E-state index contributed by atoms with van der Waals surface area (Å²) in [5.74, 6) is 0.490. The van der Waals surface area contributed by atoms with Crippen molar-refractivity contribution in [1.82, 2.24) is 4.90 Å². The number of aliphatic hydroxyl groups is 1. The van der Waals surface area contributed by atoms with E-state index in [2.05, 4.69) is 6.92 Å². The summed E-state index contributed by atoms with van der Waals surface area (Å²) < 4.78 is 5.32. The van der Waals surface area contributed by atoms with Crippen molar-refractivity contribution < 1.29 is 14.6 Å². The minimum absolute atomic E-state index is 0.0236. The zero-order chi connectivity index (χ0) is 12.3. The van der Waals surface area contributed by atoms with E-state index < -0.39 is 5.60 Å². The van der Waals surface area contributed by atoms with Gasteiger partial charge in [0.2, 0.25) is 0 Å². The number of likely N-dealkylation sites (tertiary alicyclic amines) is 1. The van der Waals surface area contributed by atoms with E-state index in [1.54, 1.807) is 4.90 Å².